The molecule has 0 N–H and O–H groups in total. The van der Waals surface area contributed by atoms with Crippen molar-refractivity contribution in [3.63, 3.8) is 0 Å². The van der Waals surface area contributed by atoms with Gasteiger partial charge in [-0.3, -0.25) is 0 Å². The number of fused-ring (bicyclic) bond motifs is 13. The van der Waals surface area contributed by atoms with Crippen molar-refractivity contribution in [2.45, 2.75) is 38.5 Å². The van der Waals surface area contributed by atoms with E-state index in [4.69, 9.17) is 11.6 Å². The van der Waals surface area contributed by atoms with Crippen LogP contribution in [-0.4, -0.2) is 0 Å². The number of nitrogens with zero attached hydrogens (tertiary/aromatic N) is 3. The molecule has 0 bridgehead atoms. The first-order valence-corrected chi connectivity index (χ1v) is 28.5. The number of hydrogen-bond donors (Lipinski definition) is 0. The van der Waals surface area contributed by atoms with E-state index in [9.17, 15) is 0 Å². The Morgan fingerprint density at radius 1 is 0.329 bits per heavy atom. The number of rotatable bonds is 9. The highest BCUT2D eigenvalue weighted by Crippen LogP contribution is 2.58. The first kappa shape index (κ1) is 47.3. The molecular formula is C74H54ClN3S. The Kier molecular flexibility index (Phi) is 10.8. The summed E-state index contributed by atoms with van der Waals surface area (Å²) in [5.41, 5.74) is 19.5. The van der Waals surface area contributed by atoms with Gasteiger partial charge in [-0.15, -0.1) is 11.3 Å². The zero-order valence-corrected chi connectivity index (χ0v) is 45.9. The molecule has 1 heterocycles. The number of hydrogen-bond acceptors (Lipinski definition) is 4. The number of benzene rings is 12. The Labute approximate surface area is 470 Å². The highest BCUT2D eigenvalue weighted by Gasteiger charge is 2.40. The third-order valence-electron chi connectivity index (χ3n) is 17.0. The Hall–Kier alpha value is -8.93. The van der Waals surface area contributed by atoms with Crippen molar-refractivity contribution in [2.75, 3.05) is 14.7 Å². The summed E-state index contributed by atoms with van der Waals surface area (Å²) >= 11 is 9.58. The fourth-order valence-corrected chi connectivity index (χ4v) is 14.9. The molecule has 79 heavy (non-hydrogen) atoms. The average molecular weight is 1050 g/mol. The normalized spacial score (nSPS) is 13.6. The van der Waals surface area contributed by atoms with Crippen LogP contribution in [0, 0.1) is 0 Å². The molecule has 2 aliphatic carbocycles. The first-order valence-electron chi connectivity index (χ1n) is 27.3. The van der Waals surface area contributed by atoms with E-state index in [-0.39, 0.29) is 10.8 Å². The smallest absolute Gasteiger partial charge is 0.0716 e. The van der Waals surface area contributed by atoms with Crippen LogP contribution < -0.4 is 14.7 Å². The number of para-hydroxylation sites is 4. The molecule has 0 fully saturated rings. The summed E-state index contributed by atoms with van der Waals surface area (Å²) in [6.45, 7) is 9.58. The van der Waals surface area contributed by atoms with Gasteiger partial charge in [0.25, 0.3) is 0 Å². The van der Waals surface area contributed by atoms with Crippen LogP contribution in [0.4, 0.5) is 51.2 Å². The molecule has 0 saturated heterocycles. The number of thiophene rings is 1. The number of halogens is 1. The van der Waals surface area contributed by atoms with Gasteiger partial charge >= 0.3 is 0 Å². The molecule has 2 aliphatic rings. The van der Waals surface area contributed by atoms with Crippen LogP contribution in [0.15, 0.2) is 255 Å². The summed E-state index contributed by atoms with van der Waals surface area (Å²) in [4.78, 5) is 7.28. The summed E-state index contributed by atoms with van der Waals surface area (Å²) in [6.07, 6.45) is 0. The maximum atomic E-state index is 7.78. The summed E-state index contributed by atoms with van der Waals surface area (Å²) in [7, 11) is 0. The van der Waals surface area contributed by atoms with E-state index in [2.05, 4.69) is 297 Å². The van der Waals surface area contributed by atoms with Crippen molar-refractivity contribution >= 4 is 116 Å². The van der Waals surface area contributed by atoms with Gasteiger partial charge in [0.2, 0.25) is 0 Å². The number of anilines is 9. The van der Waals surface area contributed by atoms with Crippen molar-refractivity contribution < 1.29 is 0 Å². The van der Waals surface area contributed by atoms with Crippen LogP contribution in [0.2, 0.25) is 5.02 Å². The average Bonchev–Trinajstić information content (AvgIpc) is 4.13. The predicted octanol–water partition coefficient (Wildman–Crippen LogP) is 22.0. The highest BCUT2D eigenvalue weighted by molar-refractivity contribution is 7.26. The van der Waals surface area contributed by atoms with E-state index < -0.39 is 0 Å². The summed E-state index contributed by atoms with van der Waals surface area (Å²) in [5.74, 6) is 0. The quantitative estimate of drug-likeness (QED) is 0.143. The van der Waals surface area contributed by atoms with Crippen molar-refractivity contribution in [1.82, 2.24) is 0 Å². The van der Waals surface area contributed by atoms with Crippen LogP contribution in [0.1, 0.15) is 49.9 Å². The molecule has 12 aromatic carbocycles. The van der Waals surface area contributed by atoms with Crippen LogP contribution in [-0.2, 0) is 10.8 Å². The van der Waals surface area contributed by atoms with Crippen LogP contribution in [0.3, 0.4) is 0 Å². The van der Waals surface area contributed by atoms with Crippen molar-refractivity contribution in [1.29, 1.82) is 0 Å². The van der Waals surface area contributed by atoms with Gasteiger partial charge in [-0.25, -0.2) is 0 Å². The van der Waals surface area contributed by atoms with Crippen LogP contribution in [0.25, 0.3) is 64.0 Å². The SMILES string of the molecule is CC1(C)c2ccc(N(c3ccc4c(c3)C(C)(C)c3c-4ccc4ccccc34)c3cc4c(cc3N(c3ccccc3)c3ccccc3)sc3cc(N(c5ccccc5)c5ccccc5)cc(Cl)c34)cc2-c2c1ccc1ccccc21. The van der Waals surface area contributed by atoms with E-state index in [1.807, 2.05) is 0 Å². The minimum Gasteiger partial charge on any atom is -0.310 e. The van der Waals surface area contributed by atoms with Gasteiger partial charge in [-0.2, -0.15) is 0 Å². The Balaban J connectivity index is 1.03. The molecule has 0 spiro atoms. The minimum atomic E-state index is -0.290. The second-order valence-corrected chi connectivity index (χ2v) is 23.7. The van der Waals surface area contributed by atoms with Crippen LogP contribution in [0.5, 0.6) is 0 Å². The highest BCUT2D eigenvalue weighted by atomic mass is 35.5. The van der Waals surface area contributed by atoms with E-state index in [0.29, 0.717) is 5.02 Å². The van der Waals surface area contributed by atoms with E-state index >= 15 is 0 Å². The molecule has 0 saturated carbocycles. The second-order valence-electron chi connectivity index (χ2n) is 22.2. The Morgan fingerprint density at radius 2 is 0.835 bits per heavy atom. The molecule has 15 rings (SSSR count). The fraction of sp³-hybridized carbons (Fsp3) is 0.0811. The standard InChI is InChI=1S/C74H54ClN3S/c1-73(2)62-40-36-53(41-60(62)70-56-31-19-17-21-47(56)34-39-63(70)73)78(54-35-38-58-59-37-33-48-22-18-20-32-57(48)72(59)74(3,4)64(58)42-54)66-45-61-68(46-67(66)77(51-27-13-7-14-28-51)52-29-15-8-16-30-52)79-69-44-55(43-65(75)71(61)69)76(49-23-9-5-10-24-49)50-25-11-6-12-26-50/h5-46H,1-4H3. The van der Waals surface area contributed by atoms with E-state index in [1.54, 1.807) is 11.3 Å². The molecule has 13 aromatic rings. The van der Waals surface area contributed by atoms with Gasteiger partial charge < -0.3 is 14.7 Å². The van der Waals surface area contributed by atoms with Crippen molar-refractivity contribution in [3.05, 3.63) is 282 Å². The summed E-state index contributed by atoms with van der Waals surface area (Å²) in [5, 5.41) is 7.94. The predicted molar refractivity (Wildman–Crippen MR) is 339 cm³/mol. The molecule has 5 heteroatoms. The lowest BCUT2D eigenvalue weighted by Gasteiger charge is -2.34. The minimum absolute atomic E-state index is 0.201. The third kappa shape index (κ3) is 7.39. The molecule has 3 nitrogen and oxygen atoms in total. The molecular weight excluding hydrogens is 998 g/mol. The van der Waals surface area contributed by atoms with E-state index in [0.717, 1.165) is 71.4 Å². The third-order valence-corrected chi connectivity index (χ3v) is 18.4. The first-order chi connectivity index (χ1) is 38.6. The molecule has 0 unspecified atom stereocenters. The lowest BCUT2D eigenvalue weighted by molar-refractivity contribution is 0.661. The largest absolute Gasteiger partial charge is 0.310 e. The molecule has 0 atom stereocenters. The van der Waals surface area contributed by atoms with Crippen LogP contribution >= 0.6 is 22.9 Å². The lowest BCUT2D eigenvalue weighted by Crippen LogP contribution is -2.19. The van der Waals surface area contributed by atoms with Gasteiger partial charge in [-0.05, 0) is 163 Å². The van der Waals surface area contributed by atoms with Crippen molar-refractivity contribution in [2.24, 2.45) is 0 Å². The lowest BCUT2D eigenvalue weighted by atomic mass is 9.80. The Bertz CT molecular complexity index is 4490. The van der Waals surface area contributed by atoms with Gasteiger partial charge in [0, 0.05) is 70.8 Å². The molecule has 0 amide bonds. The summed E-state index contributed by atoms with van der Waals surface area (Å²) < 4.78 is 2.26. The zero-order chi connectivity index (χ0) is 53.1. The monoisotopic (exact) mass is 1050 g/mol. The maximum absolute atomic E-state index is 7.78. The molecule has 0 aliphatic heterocycles. The zero-order valence-electron chi connectivity index (χ0n) is 44.4. The van der Waals surface area contributed by atoms with Crippen molar-refractivity contribution in [3.8, 4) is 22.3 Å². The molecule has 378 valence electrons. The topological polar surface area (TPSA) is 9.72 Å². The fourth-order valence-electron chi connectivity index (χ4n) is 13.3. The second kappa shape index (κ2) is 18.1. The van der Waals surface area contributed by atoms with Gasteiger partial charge in [-0.1, -0.05) is 197 Å². The van der Waals surface area contributed by atoms with E-state index in [1.165, 1.54) is 66.1 Å². The Morgan fingerprint density at radius 3 is 1.49 bits per heavy atom. The molecule has 1 aromatic heterocycles. The maximum Gasteiger partial charge on any atom is 0.0716 e. The van der Waals surface area contributed by atoms with Gasteiger partial charge in [0.15, 0.2) is 0 Å². The van der Waals surface area contributed by atoms with Gasteiger partial charge in [0.05, 0.1) is 16.4 Å². The van der Waals surface area contributed by atoms with Gasteiger partial charge in [0.1, 0.15) is 0 Å². The summed E-state index contributed by atoms with van der Waals surface area (Å²) in [6, 6.07) is 93.6. The molecule has 0 radical (unpaired) electrons.